The minimum atomic E-state index is 0.271. The Labute approximate surface area is 88.1 Å². The highest BCUT2D eigenvalue weighted by atomic mass is 32.1. The average Bonchev–Trinajstić information content (AvgIpc) is 2.57. The first-order valence-corrected chi connectivity index (χ1v) is 5.82. The van der Waals surface area contributed by atoms with Crippen molar-refractivity contribution < 1.29 is 0 Å². The minimum absolute atomic E-state index is 0.271. The van der Waals surface area contributed by atoms with E-state index in [1.807, 2.05) is 6.92 Å². The minimum Gasteiger partial charge on any atom is -0.342 e. The number of aromatic nitrogens is 2. The maximum atomic E-state index is 6.03. The van der Waals surface area contributed by atoms with Crippen molar-refractivity contribution in [3.05, 3.63) is 5.01 Å². The third-order valence-electron chi connectivity index (χ3n) is 2.81. The zero-order valence-electron chi connectivity index (χ0n) is 8.60. The zero-order chi connectivity index (χ0) is 10.1. The summed E-state index contributed by atoms with van der Waals surface area (Å²) in [7, 11) is 0. The topological polar surface area (TPSA) is 55.0 Å². The quantitative estimate of drug-likeness (QED) is 0.759. The molecule has 0 saturated carbocycles. The van der Waals surface area contributed by atoms with Gasteiger partial charge in [0.2, 0.25) is 5.13 Å². The monoisotopic (exact) mass is 212 g/mol. The fourth-order valence-electron chi connectivity index (χ4n) is 1.85. The largest absolute Gasteiger partial charge is 0.342 e. The molecule has 1 fully saturated rings. The molecule has 0 aromatic carbocycles. The van der Waals surface area contributed by atoms with Crippen LogP contribution < -0.4 is 10.6 Å². The third kappa shape index (κ3) is 1.74. The van der Waals surface area contributed by atoms with Crippen LogP contribution in [-0.4, -0.2) is 28.8 Å². The molecule has 0 radical (unpaired) electrons. The molecule has 1 aromatic rings. The van der Waals surface area contributed by atoms with Crippen LogP contribution in [-0.2, 0) is 0 Å². The Kier molecular flexibility index (Phi) is 2.69. The summed E-state index contributed by atoms with van der Waals surface area (Å²) in [5.41, 5.74) is 6.03. The molecular weight excluding hydrogens is 196 g/mol. The highest BCUT2D eigenvalue weighted by Crippen LogP contribution is 2.26. The Balaban J connectivity index is 2.17. The molecule has 0 unspecified atom stereocenters. The number of nitrogens with zero attached hydrogens (tertiary/aromatic N) is 3. The van der Waals surface area contributed by atoms with Gasteiger partial charge in [0.05, 0.1) is 0 Å². The Bertz CT molecular complexity index is 312. The standard InChI is InChI=1S/C9H16N4S/c1-6-8(10)4-3-5-13(6)9-12-11-7(2)14-9/h6,8H,3-5,10H2,1-2H3/t6-,8-/m1/s1. The van der Waals surface area contributed by atoms with Gasteiger partial charge in [-0.05, 0) is 26.7 Å². The van der Waals surface area contributed by atoms with Crippen molar-refractivity contribution >= 4 is 16.5 Å². The van der Waals surface area contributed by atoms with Crippen LogP contribution in [0.5, 0.6) is 0 Å². The molecule has 1 aliphatic rings. The van der Waals surface area contributed by atoms with Crippen LogP contribution in [0.4, 0.5) is 5.13 Å². The van der Waals surface area contributed by atoms with Crippen molar-refractivity contribution in [1.29, 1.82) is 0 Å². The van der Waals surface area contributed by atoms with Gasteiger partial charge in [-0.2, -0.15) is 0 Å². The number of aryl methyl sites for hydroxylation is 1. The molecule has 2 rings (SSSR count). The molecule has 1 aromatic heterocycles. The summed E-state index contributed by atoms with van der Waals surface area (Å²) in [6, 6.07) is 0.657. The highest BCUT2D eigenvalue weighted by Gasteiger charge is 2.27. The van der Waals surface area contributed by atoms with E-state index in [1.165, 1.54) is 0 Å². The lowest BCUT2D eigenvalue weighted by molar-refractivity contribution is 0.420. The number of piperidine rings is 1. The summed E-state index contributed by atoms with van der Waals surface area (Å²) in [5, 5.41) is 10.2. The van der Waals surface area contributed by atoms with Crippen LogP contribution in [0, 0.1) is 6.92 Å². The summed E-state index contributed by atoms with van der Waals surface area (Å²) < 4.78 is 0. The normalized spacial score (nSPS) is 28.1. The SMILES string of the molecule is Cc1nnc(N2CCC[C@@H](N)[C@H]2C)s1. The van der Waals surface area contributed by atoms with Crippen molar-refractivity contribution in [2.45, 2.75) is 38.8 Å². The van der Waals surface area contributed by atoms with E-state index >= 15 is 0 Å². The van der Waals surface area contributed by atoms with Crippen LogP contribution in [0.3, 0.4) is 0 Å². The fourth-order valence-corrected chi connectivity index (χ4v) is 2.65. The maximum absolute atomic E-state index is 6.03. The van der Waals surface area contributed by atoms with Gasteiger partial charge in [-0.1, -0.05) is 11.3 Å². The Morgan fingerprint density at radius 2 is 2.29 bits per heavy atom. The Hall–Kier alpha value is -0.680. The van der Waals surface area contributed by atoms with Gasteiger partial charge >= 0.3 is 0 Å². The summed E-state index contributed by atoms with van der Waals surface area (Å²) in [6.45, 7) is 5.21. The van der Waals surface area contributed by atoms with E-state index in [2.05, 4.69) is 22.0 Å². The molecular formula is C9H16N4S. The molecule has 1 saturated heterocycles. The number of rotatable bonds is 1. The highest BCUT2D eigenvalue weighted by molar-refractivity contribution is 7.15. The molecule has 5 heteroatoms. The lowest BCUT2D eigenvalue weighted by Crippen LogP contribution is -2.50. The van der Waals surface area contributed by atoms with E-state index in [9.17, 15) is 0 Å². The van der Waals surface area contributed by atoms with Crippen molar-refractivity contribution in [3.63, 3.8) is 0 Å². The van der Waals surface area contributed by atoms with Gasteiger partial charge < -0.3 is 10.6 Å². The second-order valence-electron chi connectivity index (χ2n) is 3.84. The first-order chi connectivity index (χ1) is 6.68. The smallest absolute Gasteiger partial charge is 0.208 e. The van der Waals surface area contributed by atoms with E-state index in [0.29, 0.717) is 6.04 Å². The molecule has 2 heterocycles. The van der Waals surface area contributed by atoms with Gasteiger partial charge in [0.1, 0.15) is 5.01 Å². The first-order valence-electron chi connectivity index (χ1n) is 5.01. The molecule has 2 atom stereocenters. The van der Waals surface area contributed by atoms with Crippen LogP contribution in [0.25, 0.3) is 0 Å². The molecule has 14 heavy (non-hydrogen) atoms. The molecule has 0 amide bonds. The molecule has 78 valence electrons. The summed E-state index contributed by atoms with van der Waals surface area (Å²) in [6.07, 6.45) is 2.28. The van der Waals surface area contributed by atoms with Gasteiger partial charge in [-0.25, -0.2) is 0 Å². The van der Waals surface area contributed by atoms with Crippen LogP contribution >= 0.6 is 11.3 Å². The molecule has 4 nitrogen and oxygen atoms in total. The number of hydrogen-bond donors (Lipinski definition) is 1. The van der Waals surface area contributed by atoms with E-state index in [4.69, 9.17) is 5.73 Å². The second-order valence-corrected chi connectivity index (χ2v) is 5.00. The molecule has 0 aliphatic carbocycles. The fraction of sp³-hybridized carbons (Fsp3) is 0.778. The number of nitrogens with two attached hydrogens (primary N) is 1. The molecule has 1 aliphatic heterocycles. The molecule has 0 spiro atoms. The van der Waals surface area contributed by atoms with Crippen molar-refractivity contribution in [3.8, 4) is 0 Å². The summed E-state index contributed by atoms with van der Waals surface area (Å²) in [4.78, 5) is 2.28. The number of hydrogen-bond acceptors (Lipinski definition) is 5. The summed E-state index contributed by atoms with van der Waals surface area (Å²) in [5.74, 6) is 0. The maximum Gasteiger partial charge on any atom is 0.208 e. The van der Waals surface area contributed by atoms with E-state index in [1.54, 1.807) is 11.3 Å². The van der Waals surface area contributed by atoms with E-state index in [0.717, 1.165) is 29.5 Å². The van der Waals surface area contributed by atoms with E-state index in [-0.39, 0.29) is 6.04 Å². The third-order valence-corrected chi connectivity index (χ3v) is 3.68. The van der Waals surface area contributed by atoms with Crippen molar-refractivity contribution in [2.75, 3.05) is 11.4 Å². The lowest BCUT2D eigenvalue weighted by atomic mass is 9.99. The predicted octanol–water partition coefficient (Wildman–Crippen LogP) is 1.16. The van der Waals surface area contributed by atoms with Crippen LogP contribution in [0.1, 0.15) is 24.8 Å². The van der Waals surface area contributed by atoms with Crippen molar-refractivity contribution in [2.24, 2.45) is 5.73 Å². The van der Waals surface area contributed by atoms with Crippen LogP contribution in [0.2, 0.25) is 0 Å². The van der Waals surface area contributed by atoms with Crippen LogP contribution in [0.15, 0.2) is 0 Å². The number of anilines is 1. The zero-order valence-corrected chi connectivity index (χ0v) is 9.42. The Morgan fingerprint density at radius 3 is 2.93 bits per heavy atom. The predicted molar refractivity (Wildman–Crippen MR) is 58.7 cm³/mol. The van der Waals surface area contributed by atoms with Gasteiger partial charge in [0.15, 0.2) is 0 Å². The first kappa shape index (κ1) is 9.86. The lowest BCUT2D eigenvalue weighted by Gasteiger charge is -2.37. The average molecular weight is 212 g/mol. The Morgan fingerprint density at radius 1 is 1.50 bits per heavy atom. The molecule has 0 bridgehead atoms. The van der Waals surface area contributed by atoms with E-state index < -0.39 is 0 Å². The van der Waals surface area contributed by atoms with Gasteiger partial charge in [0.25, 0.3) is 0 Å². The van der Waals surface area contributed by atoms with Crippen molar-refractivity contribution in [1.82, 2.24) is 10.2 Å². The molecule has 2 N–H and O–H groups in total. The summed E-state index contributed by atoms with van der Waals surface area (Å²) >= 11 is 1.65. The van der Waals surface area contributed by atoms with Gasteiger partial charge in [-0.3, -0.25) is 0 Å². The van der Waals surface area contributed by atoms with Gasteiger partial charge in [-0.15, -0.1) is 10.2 Å². The second kappa shape index (κ2) is 3.82. The van der Waals surface area contributed by atoms with Gasteiger partial charge in [0, 0.05) is 18.6 Å².